The topological polar surface area (TPSA) is 82.7 Å². The summed E-state index contributed by atoms with van der Waals surface area (Å²) in [6.07, 6.45) is 6.35. The van der Waals surface area contributed by atoms with E-state index < -0.39 is 0 Å². The highest BCUT2D eigenvalue weighted by atomic mass is 32.2. The van der Waals surface area contributed by atoms with Gasteiger partial charge in [-0.3, -0.25) is 14.7 Å². The number of fused-ring (bicyclic) bond motifs is 2. The van der Waals surface area contributed by atoms with E-state index in [0.29, 0.717) is 31.4 Å². The minimum absolute atomic E-state index is 0.0597. The van der Waals surface area contributed by atoms with E-state index in [0.717, 1.165) is 43.1 Å². The molecule has 3 aliphatic rings. The smallest absolute Gasteiger partial charge is 0.271 e. The van der Waals surface area contributed by atoms with Crippen LogP contribution in [-0.4, -0.2) is 60.8 Å². The number of methoxy groups -OCH3 is 1. The number of rotatable bonds is 7. The second-order valence-corrected chi connectivity index (χ2v) is 12.9. The van der Waals surface area contributed by atoms with E-state index >= 15 is 0 Å². The second kappa shape index (κ2) is 12.0. The van der Waals surface area contributed by atoms with E-state index in [1.54, 1.807) is 19.5 Å². The number of benzene rings is 2. The van der Waals surface area contributed by atoms with Crippen molar-refractivity contribution in [2.45, 2.75) is 44.7 Å². The molecule has 5 heterocycles. The van der Waals surface area contributed by atoms with Crippen molar-refractivity contribution in [2.24, 2.45) is 0 Å². The van der Waals surface area contributed by atoms with Gasteiger partial charge in [0.1, 0.15) is 17.5 Å². The number of likely N-dealkylation sites (tertiary alicyclic amines) is 1. The number of pyridine rings is 2. The van der Waals surface area contributed by atoms with Crippen LogP contribution < -0.4 is 20.5 Å². The number of hydrogen-bond acceptors (Lipinski definition) is 9. The Hall–Kier alpha value is -3.44. The van der Waals surface area contributed by atoms with Crippen molar-refractivity contribution in [1.82, 2.24) is 14.9 Å². The van der Waals surface area contributed by atoms with E-state index in [9.17, 15) is 4.79 Å². The molecule has 8 nitrogen and oxygen atoms in total. The number of aromatic nitrogens is 2. The van der Waals surface area contributed by atoms with Crippen molar-refractivity contribution in [2.75, 3.05) is 50.1 Å². The average molecular weight is 600 g/mol. The molecule has 0 saturated carbocycles. The first kappa shape index (κ1) is 27.4. The molecule has 42 heavy (non-hydrogen) atoms. The maximum atomic E-state index is 12.4. The summed E-state index contributed by atoms with van der Waals surface area (Å²) in [4.78, 5) is 29.1. The lowest BCUT2D eigenvalue weighted by Crippen LogP contribution is -2.41. The van der Waals surface area contributed by atoms with Gasteiger partial charge in [0.25, 0.3) is 5.56 Å². The van der Waals surface area contributed by atoms with Gasteiger partial charge in [-0.2, -0.15) is 0 Å². The first-order valence-electron chi connectivity index (χ1n) is 14.3. The van der Waals surface area contributed by atoms with E-state index in [-0.39, 0.29) is 11.7 Å². The Kier molecular flexibility index (Phi) is 7.86. The fraction of sp³-hybridized carbons (Fsp3) is 0.312. The zero-order valence-electron chi connectivity index (χ0n) is 23.4. The molecule has 2 saturated heterocycles. The number of aromatic amines is 1. The van der Waals surface area contributed by atoms with Crippen molar-refractivity contribution < 1.29 is 9.47 Å². The summed E-state index contributed by atoms with van der Waals surface area (Å²) in [5.41, 5.74) is 4.11. The zero-order valence-corrected chi connectivity index (χ0v) is 25.0. The van der Waals surface area contributed by atoms with Crippen LogP contribution in [0.1, 0.15) is 23.7 Å². The zero-order chi connectivity index (χ0) is 28.5. The van der Waals surface area contributed by atoms with Crippen molar-refractivity contribution in [3.8, 4) is 5.75 Å². The van der Waals surface area contributed by atoms with E-state index in [4.69, 9.17) is 9.47 Å². The van der Waals surface area contributed by atoms with Gasteiger partial charge in [-0.25, -0.2) is 0 Å². The van der Waals surface area contributed by atoms with Gasteiger partial charge < -0.3 is 24.7 Å². The lowest BCUT2D eigenvalue weighted by atomic mass is 10.1. The van der Waals surface area contributed by atoms with Crippen LogP contribution in [0.25, 0.3) is 0 Å². The van der Waals surface area contributed by atoms with E-state index in [2.05, 4.69) is 61.5 Å². The molecule has 216 valence electrons. The third-order valence-electron chi connectivity index (χ3n) is 8.05. The Bertz CT molecular complexity index is 1650. The lowest BCUT2D eigenvalue weighted by Gasteiger charge is -2.35. The summed E-state index contributed by atoms with van der Waals surface area (Å²) in [6, 6.07) is 19.3. The van der Waals surface area contributed by atoms with Crippen molar-refractivity contribution >= 4 is 34.9 Å². The predicted molar refractivity (Wildman–Crippen MR) is 167 cm³/mol. The second-order valence-electron chi connectivity index (χ2n) is 10.8. The van der Waals surface area contributed by atoms with Crippen LogP contribution in [0, 0.1) is 0 Å². The monoisotopic (exact) mass is 599 g/mol. The Balaban J connectivity index is 1.03. The maximum absolute atomic E-state index is 12.4. The standard InChI is InChI=1S/C32H33N5O3S2/c1-39-26-9-12-33-17-21(26)18-36-13-10-23(19-36)35-22-7-8-28-30(16-22)41-29-6-2-4-24(31(29)42-28)27-20-37(14-15-40-27)25-5-3-11-34-32(25)38/h2-9,11-12,16-17,23,27,35H,10,13-15,18-20H2,1H3,(H,34,38). The molecule has 4 aromatic rings. The summed E-state index contributed by atoms with van der Waals surface area (Å²) >= 11 is 3.64. The Morgan fingerprint density at radius 3 is 2.93 bits per heavy atom. The summed E-state index contributed by atoms with van der Waals surface area (Å²) < 4.78 is 11.8. The van der Waals surface area contributed by atoms with Gasteiger partial charge in [-0.05, 0) is 54.4 Å². The minimum Gasteiger partial charge on any atom is -0.496 e. The first-order chi connectivity index (χ1) is 20.6. The van der Waals surface area contributed by atoms with Crippen LogP contribution in [0.15, 0.2) is 97.6 Å². The van der Waals surface area contributed by atoms with Crippen molar-refractivity contribution in [3.63, 3.8) is 0 Å². The molecular weight excluding hydrogens is 567 g/mol. The third kappa shape index (κ3) is 5.64. The number of hydrogen-bond donors (Lipinski definition) is 2. The molecule has 0 spiro atoms. The molecule has 2 aromatic heterocycles. The highest BCUT2D eigenvalue weighted by Crippen LogP contribution is 2.52. The molecule has 2 unspecified atom stereocenters. The normalized spacial score (nSPS) is 20.2. The van der Waals surface area contributed by atoms with Crippen LogP contribution in [-0.2, 0) is 11.3 Å². The fourth-order valence-corrected chi connectivity index (χ4v) is 8.44. The molecule has 0 bridgehead atoms. The molecule has 0 amide bonds. The van der Waals surface area contributed by atoms with E-state index in [1.165, 1.54) is 25.1 Å². The lowest BCUT2D eigenvalue weighted by molar-refractivity contribution is 0.0378. The minimum atomic E-state index is -0.0964. The Morgan fingerprint density at radius 1 is 1.07 bits per heavy atom. The number of nitrogens with one attached hydrogen (secondary N) is 2. The van der Waals surface area contributed by atoms with Gasteiger partial charge in [0.15, 0.2) is 0 Å². The Labute approximate surface area is 253 Å². The first-order valence-corrected chi connectivity index (χ1v) is 15.9. The Morgan fingerprint density at radius 2 is 2.02 bits per heavy atom. The summed E-state index contributed by atoms with van der Waals surface area (Å²) in [7, 11) is 1.71. The highest BCUT2D eigenvalue weighted by molar-refractivity contribution is 8.05. The van der Waals surface area contributed by atoms with Crippen LogP contribution in [0.3, 0.4) is 0 Å². The number of morpholine rings is 1. The molecule has 2 atom stereocenters. The van der Waals surface area contributed by atoms with Crippen LogP contribution in [0.5, 0.6) is 5.75 Å². The molecule has 3 aliphatic heterocycles. The van der Waals surface area contributed by atoms with Crippen LogP contribution in [0.4, 0.5) is 11.4 Å². The average Bonchev–Trinajstić information content (AvgIpc) is 3.46. The fourth-order valence-electron chi connectivity index (χ4n) is 5.99. The van der Waals surface area contributed by atoms with Gasteiger partial charge >= 0.3 is 0 Å². The van der Waals surface area contributed by atoms with Gasteiger partial charge in [0.05, 0.1) is 13.7 Å². The molecule has 0 radical (unpaired) electrons. The molecule has 2 aromatic carbocycles. The van der Waals surface area contributed by atoms with Crippen LogP contribution >= 0.6 is 23.5 Å². The maximum Gasteiger partial charge on any atom is 0.271 e. The summed E-state index contributed by atoms with van der Waals surface area (Å²) in [5, 5.41) is 3.78. The molecular formula is C32H33N5O3S2. The third-order valence-corrected chi connectivity index (χ3v) is 10.7. The molecule has 0 aliphatic carbocycles. The number of ether oxygens (including phenoxy) is 2. The number of anilines is 2. The number of H-pyrrole nitrogens is 1. The largest absolute Gasteiger partial charge is 0.496 e. The highest BCUT2D eigenvalue weighted by Gasteiger charge is 2.29. The predicted octanol–water partition coefficient (Wildman–Crippen LogP) is 5.66. The SMILES string of the molecule is COc1ccncc1CN1CCC(Nc2ccc3c(c2)Sc2cccc(C4CN(c5ccc[nH]c5=O)CCO4)c2S3)C1. The van der Waals surface area contributed by atoms with E-state index in [1.807, 2.05) is 47.9 Å². The summed E-state index contributed by atoms with van der Waals surface area (Å²) in [5.74, 6) is 0.896. The molecule has 10 heteroatoms. The van der Waals surface area contributed by atoms with Crippen molar-refractivity contribution in [1.29, 1.82) is 0 Å². The van der Waals surface area contributed by atoms with Gasteiger partial charge in [-0.1, -0.05) is 35.7 Å². The molecule has 2 N–H and O–H groups in total. The number of nitrogens with zero attached hydrogens (tertiary/aromatic N) is 3. The van der Waals surface area contributed by atoms with Crippen molar-refractivity contribution in [3.05, 3.63) is 94.7 Å². The quantitative estimate of drug-likeness (QED) is 0.246. The summed E-state index contributed by atoms with van der Waals surface area (Å²) in [6.45, 7) is 4.80. The van der Waals surface area contributed by atoms with Gasteiger partial charge in [0.2, 0.25) is 0 Å². The van der Waals surface area contributed by atoms with Gasteiger partial charge in [0, 0.05) is 88.2 Å². The van der Waals surface area contributed by atoms with Crippen LogP contribution in [0.2, 0.25) is 0 Å². The van der Waals surface area contributed by atoms with Gasteiger partial charge in [-0.15, -0.1) is 0 Å². The molecule has 7 rings (SSSR count). The molecule has 2 fully saturated rings.